The first-order chi connectivity index (χ1) is 11.8. The summed E-state index contributed by atoms with van der Waals surface area (Å²) in [6.45, 7) is 2.66. The summed E-state index contributed by atoms with van der Waals surface area (Å²) in [5.74, 6) is 1.71. The van der Waals surface area contributed by atoms with Gasteiger partial charge in [-0.15, -0.1) is 0 Å². The molecule has 1 unspecified atom stereocenters. The number of nitriles is 1. The Kier molecular flexibility index (Phi) is 5.35. The van der Waals surface area contributed by atoms with E-state index >= 15 is 0 Å². The third-order valence-electron chi connectivity index (χ3n) is 4.49. The fourth-order valence-electron chi connectivity index (χ4n) is 3.20. The van der Waals surface area contributed by atoms with Gasteiger partial charge >= 0.3 is 0 Å². The summed E-state index contributed by atoms with van der Waals surface area (Å²) in [6.07, 6.45) is 2.40. The van der Waals surface area contributed by atoms with Crippen LogP contribution < -0.4 is 9.47 Å². The van der Waals surface area contributed by atoms with Crippen molar-refractivity contribution in [3.63, 3.8) is 0 Å². The number of likely N-dealkylation sites (tertiary alicyclic amines) is 1. The molecule has 0 saturated carbocycles. The lowest BCUT2D eigenvalue weighted by molar-refractivity contribution is 0.197. The van der Waals surface area contributed by atoms with Gasteiger partial charge < -0.3 is 9.47 Å². The Morgan fingerprint density at radius 2 is 1.79 bits per heavy atom. The van der Waals surface area contributed by atoms with E-state index in [9.17, 15) is 0 Å². The number of hydrogen-bond acceptors (Lipinski definition) is 4. The molecule has 3 rings (SSSR count). The standard InChI is InChI=1S/C20H22N2O2/c1-23-18-10-6-17(7-11-18)20-3-2-12-22(20)13-14-24-19-8-4-16(15-21)5-9-19/h4-11,20H,2-3,12-14H2,1H3. The van der Waals surface area contributed by atoms with Crippen LogP contribution in [0, 0.1) is 11.3 Å². The lowest BCUT2D eigenvalue weighted by atomic mass is 10.0. The van der Waals surface area contributed by atoms with Gasteiger partial charge in [-0.05, 0) is 61.3 Å². The Bertz CT molecular complexity index is 689. The Morgan fingerprint density at radius 3 is 2.46 bits per heavy atom. The van der Waals surface area contributed by atoms with Crippen LogP contribution >= 0.6 is 0 Å². The highest BCUT2D eigenvalue weighted by Crippen LogP contribution is 2.32. The number of hydrogen-bond donors (Lipinski definition) is 0. The fourth-order valence-corrected chi connectivity index (χ4v) is 3.20. The second-order valence-electron chi connectivity index (χ2n) is 5.95. The fraction of sp³-hybridized carbons (Fsp3) is 0.350. The zero-order valence-electron chi connectivity index (χ0n) is 13.9. The van der Waals surface area contributed by atoms with Gasteiger partial charge in [0, 0.05) is 12.6 Å². The zero-order chi connectivity index (χ0) is 16.8. The number of benzene rings is 2. The van der Waals surface area contributed by atoms with E-state index in [0.717, 1.165) is 24.6 Å². The van der Waals surface area contributed by atoms with Crippen LogP contribution in [-0.4, -0.2) is 31.7 Å². The molecule has 0 spiro atoms. The van der Waals surface area contributed by atoms with Crippen LogP contribution in [0.4, 0.5) is 0 Å². The van der Waals surface area contributed by atoms with Crippen LogP contribution in [0.1, 0.15) is 30.0 Å². The van der Waals surface area contributed by atoms with Crippen molar-refractivity contribution in [1.29, 1.82) is 5.26 Å². The number of methoxy groups -OCH3 is 1. The molecule has 1 fully saturated rings. The molecule has 1 aliphatic heterocycles. The first kappa shape index (κ1) is 16.4. The summed E-state index contributed by atoms with van der Waals surface area (Å²) < 4.78 is 11.1. The van der Waals surface area contributed by atoms with Gasteiger partial charge in [-0.3, -0.25) is 4.90 Å². The molecule has 0 aliphatic carbocycles. The first-order valence-corrected chi connectivity index (χ1v) is 8.31. The third-order valence-corrected chi connectivity index (χ3v) is 4.49. The maximum Gasteiger partial charge on any atom is 0.119 e. The Morgan fingerprint density at radius 1 is 1.08 bits per heavy atom. The minimum atomic E-state index is 0.459. The molecule has 2 aromatic rings. The van der Waals surface area contributed by atoms with Crippen LogP contribution in [0.3, 0.4) is 0 Å². The van der Waals surface area contributed by atoms with Crippen molar-refractivity contribution < 1.29 is 9.47 Å². The van der Waals surface area contributed by atoms with E-state index in [0.29, 0.717) is 18.2 Å². The molecule has 1 heterocycles. The molecule has 24 heavy (non-hydrogen) atoms. The molecule has 124 valence electrons. The van der Waals surface area contributed by atoms with Gasteiger partial charge in [0.15, 0.2) is 0 Å². The van der Waals surface area contributed by atoms with E-state index in [-0.39, 0.29) is 0 Å². The highest BCUT2D eigenvalue weighted by atomic mass is 16.5. The summed E-state index contributed by atoms with van der Waals surface area (Å²) in [4.78, 5) is 2.48. The number of nitrogens with zero attached hydrogens (tertiary/aromatic N) is 2. The maximum absolute atomic E-state index is 8.81. The van der Waals surface area contributed by atoms with Gasteiger partial charge in [0.25, 0.3) is 0 Å². The normalized spacial score (nSPS) is 17.4. The Labute approximate surface area is 143 Å². The summed E-state index contributed by atoms with van der Waals surface area (Å²) in [7, 11) is 1.69. The van der Waals surface area contributed by atoms with Crippen LogP contribution in [-0.2, 0) is 0 Å². The second kappa shape index (κ2) is 7.85. The first-order valence-electron chi connectivity index (χ1n) is 8.31. The van der Waals surface area contributed by atoms with Crippen molar-refractivity contribution in [3.8, 4) is 17.6 Å². The molecule has 0 aromatic heterocycles. The van der Waals surface area contributed by atoms with E-state index in [1.807, 2.05) is 24.3 Å². The van der Waals surface area contributed by atoms with Crippen molar-refractivity contribution in [2.45, 2.75) is 18.9 Å². The largest absolute Gasteiger partial charge is 0.497 e. The van der Waals surface area contributed by atoms with Crippen LogP contribution in [0.25, 0.3) is 0 Å². The van der Waals surface area contributed by atoms with Crippen LogP contribution in [0.5, 0.6) is 11.5 Å². The zero-order valence-corrected chi connectivity index (χ0v) is 13.9. The van der Waals surface area contributed by atoms with Crippen LogP contribution in [0.15, 0.2) is 48.5 Å². The molecule has 0 amide bonds. The minimum absolute atomic E-state index is 0.459. The molecule has 0 radical (unpaired) electrons. The molecule has 4 heteroatoms. The van der Waals surface area contributed by atoms with Crippen molar-refractivity contribution in [1.82, 2.24) is 4.90 Å². The number of rotatable bonds is 6. The molecule has 0 N–H and O–H groups in total. The van der Waals surface area contributed by atoms with Crippen molar-refractivity contribution in [3.05, 3.63) is 59.7 Å². The van der Waals surface area contributed by atoms with Crippen molar-refractivity contribution in [2.75, 3.05) is 26.8 Å². The van der Waals surface area contributed by atoms with E-state index < -0.39 is 0 Å². The highest BCUT2D eigenvalue weighted by molar-refractivity contribution is 5.34. The van der Waals surface area contributed by atoms with Gasteiger partial charge in [-0.25, -0.2) is 0 Å². The van der Waals surface area contributed by atoms with Gasteiger partial charge in [-0.2, -0.15) is 5.26 Å². The lowest BCUT2D eigenvalue weighted by Crippen LogP contribution is -2.28. The Balaban J connectivity index is 1.54. The van der Waals surface area contributed by atoms with Crippen molar-refractivity contribution in [2.24, 2.45) is 0 Å². The summed E-state index contributed by atoms with van der Waals surface area (Å²) >= 11 is 0. The van der Waals surface area contributed by atoms with E-state index in [1.54, 1.807) is 19.2 Å². The summed E-state index contributed by atoms with van der Waals surface area (Å²) in [6, 6.07) is 18.2. The van der Waals surface area contributed by atoms with Crippen LogP contribution in [0.2, 0.25) is 0 Å². The molecular weight excluding hydrogens is 300 g/mol. The Hall–Kier alpha value is -2.51. The lowest BCUT2D eigenvalue weighted by Gasteiger charge is -2.25. The van der Waals surface area contributed by atoms with Crippen molar-refractivity contribution >= 4 is 0 Å². The topological polar surface area (TPSA) is 45.5 Å². The van der Waals surface area contributed by atoms with Gasteiger partial charge in [0.1, 0.15) is 18.1 Å². The van der Waals surface area contributed by atoms with E-state index in [1.165, 1.54) is 18.4 Å². The minimum Gasteiger partial charge on any atom is -0.497 e. The van der Waals surface area contributed by atoms with E-state index in [4.69, 9.17) is 14.7 Å². The molecule has 1 aliphatic rings. The van der Waals surface area contributed by atoms with Gasteiger partial charge in [0.05, 0.1) is 18.7 Å². The smallest absolute Gasteiger partial charge is 0.119 e. The second-order valence-corrected chi connectivity index (χ2v) is 5.95. The van der Waals surface area contributed by atoms with E-state index in [2.05, 4.69) is 23.1 Å². The molecule has 4 nitrogen and oxygen atoms in total. The molecule has 2 aromatic carbocycles. The highest BCUT2D eigenvalue weighted by Gasteiger charge is 2.25. The average Bonchev–Trinajstić information content (AvgIpc) is 3.11. The predicted octanol–water partition coefficient (Wildman–Crippen LogP) is 3.78. The SMILES string of the molecule is COc1ccc(C2CCCN2CCOc2ccc(C#N)cc2)cc1. The maximum atomic E-state index is 8.81. The average molecular weight is 322 g/mol. The van der Waals surface area contributed by atoms with Gasteiger partial charge in [0.2, 0.25) is 0 Å². The summed E-state index contributed by atoms with van der Waals surface area (Å²) in [5, 5.41) is 8.81. The molecule has 0 bridgehead atoms. The number of ether oxygens (including phenoxy) is 2. The molecule has 1 atom stereocenters. The molecule has 1 saturated heterocycles. The van der Waals surface area contributed by atoms with Gasteiger partial charge in [-0.1, -0.05) is 12.1 Å². The summed E-state index contributed by atoms with van der Waals surface area (Å²) in [5.41, 5.74) is 1.99. The third kappa shape index (κ3) is 3.87. The monoisotopic (exact) mass is 322 g/mol. The quantitative estimate of drug-likeness (QED) is 0.812. The predicted molar refractivity (Wildman–Crippen MR) is 93.2 cm³/mol. The molecular formula is C20H22N2O2.